The molecule has 1 saturated heterocycles. The molecule has 6 nitrogen and oxygen atoms in total. The Morgan fingerprint density at radius 1 is 1.47 bits per heavy atom. The number of piperidine rings is 1. The van der Waals surface area contributed by atoms with E-state index in [1.54, 1.807) is 12.4 Å². The summed E-state index contributed by atoms with van der Waals surface area (Å²) in [5.41, 5.74) is 6.64. The number of hydrogen-bond donors (Lipinski definition) is 2. The van der Waals surface area contributed by atoms with E-state index in [1.807, 2.05) is 10.6 Å². The van der Waals surface area contributed by atoms with Crippen molar-refractivity contribution in [3.63, 3.8) is 0 Å². The van der Waals surface area contributed by atoms with Gasteiger partial charge in [-0.2, -0.15) is 0 Å². The van der Waals surface area contributed by atoms with Crippen LogP contribution >= 0.6 is 0 Å². The van der Waals surface area contributed by atoms with E-state index in [0.717, 1.165) is 18.0 Å². The molecule has 0 amide bonds. The Hall–Kier alpha value is -1.82. The Labute approximate surface area is 112 Å². The van der Waals surface area contributed by atoms with E-state index in [0.29, 0.717) is 11.9 Å². The summed E-state index contributed by atoms with van der Waals surface area (Å²) in [5.74, 6) is 1.27. The van der Waals surface area contributed by atoms with Gasteiger partial charge in [0.25, 0.3) is 0 Å². The van der Waals surface area contributed by atoms with E-state index in [1.165, 1.54) is 25.8 Å². The van der Waals surface area contributed by atoms with Crippen molar-refractivity contribution >= 4 is 17.3 Å². The summed E-state index contributed by atoms with van der Waals surface area (Å²) in [6.07, 6.45) is 9.25. The molecule has 3 heterocycles. The Kier molecular flexibility index (Phi) is 3.25. The van der Waals surface area contributed by atoms with E-state index in [4.69, 9.17) is 5.73 Å². The smallest absolute Gasteiger partial charge is 0.180 e. The van der Waals surface area contributed by atoms with Crippen molar-refractivity contribution in [1.29, 1.82) is 0 Å². The van der Waals surface area contributed by atoms with Crippen molar-refractivity contribution in [2.24, 2.45) is 0 Å². The van der Waals surface area contributed by atoms with Crippen LogP contribution in [0.1, 0.15) is 19.3 Å². The molecule has 102 valence electrons. The fourth-order valence-corrected chi connectivity index (χ4v) is 2.69. The third-order valence-electron chi connectivity index (χ3n) is 3.82. The molecule has 0 aromatic carbocycles. The monoisotopic (exact) mass is 260 g/mol. The molecule has 0 aliphatic carbocycles. The van der Waals surface area contributed by atoms with Gasteiger partial charge in [0.1, 0.15) is 5.82 Å². The van der Waals surface area contributed by atoms with Crippen LogP contribution in [0.25, 0.3) is 5.65 Å². The van der Waals surface area contributed by atoms with E-state index < -0.39 is 0 Å². The summed E-state index contributed by atoms with van der Waals surface area (Å²) in [5, 5.41) is 3.40. The lowest BCUT2D eigenvalue weighted by Crippen LogP contribution is -2.40. The summed E-state index contributed by atoms with van der Waals surface area (Å²) < 4.78 is 1.90. The molecule has 1 fully saturated rings. The second kappa shape index (κ2) is 5.05. The molecule has 0 spiro atoms. The lowest BCUT2D eigenvalue weighted by Gasteiger charge is -2.32. The molecule has 1 aliphatic heterocycles. The number of imidazole rings is 1. The first-order valence-corrected chi connectivity index (χ1v) is 6.77. The summed E-state index contributed by atoms with van der Waals surface area (Å²) in [7, 11) is 2.18. The maximum atomic E-state index is 5.81. The van der Waals surface area contributed by atoms with Gasteiger partial charge < -0.3 is 20.4 Å². The first-order chi connectivity index (χ1) is 9.24. The number of likely N-dealkylation sites (N-methyl/N-ethyl adjacent to an activating group) is 1. The second-order valence-electron chi connectivity index (χ2n) is 5.18. The van der Waals surface area contributed by atoms with E-state index in [9.17, 15) is 0 Å². The Morgan fingerprint density at radius 2 is 2.37 bits per heavy atom. The molecule has 1 atom stereocenters. The number of likely N-dealkylation sites (tertiary alicyclic amines) is 1. The van der Waals surface area contributed by atoms with Gasteiger partial charge in [0.2, 0.25) is 0 Å². The molecular weight excluding hydrogens is 240 g/mol. The minimum Gasteiger partial charge on any atom is -0.382 e. The minimum absolute atomic E-state index is 0.505. The van der Waals surface area contributed by atoms with Crippen molar-refractivity contribution in [3.05, 3.63) is 18.6 Å². The third-order valence-corrected chi connectivity index (χ3v) is 3.82. The third kappa shape index (κ3) is 2.49. The number of nitrogens with one attached hydrogen (secondary N) is 1. The first kappa shape index (κ1) is 12.2. The van der Waals surface area contributed by atoms with Crippen LogP contribution in [0.15, 0.2) is 18.6 Å². The average Bonchev–Trinajstić information content (AvgIpc) is 2.85. The largest absolute Gasteiger partial charge is 0.382 e. The standard InChI is InChI=1S/C13H20N6/c1-18-6-3-2-4-10(18)8-16-12-13-15-5-7-19(13)9-11(14)17-12/h5,7,9-10H,2-4,6,8,14H2,1H3,(H,16,17). The van der Waals surface area contributed by atoms with Gasteiger partial charge in [-0.05, 0) is 26.4 Å². The van der Waals surface area contributed by atoms with Gasteiger partial charge >= 0.3 is 0 Å². The maximum Gasteiger partial charge on any atom is 0.180 e. The van der Waals surface area contributed by atoms with Gasteiger partial charge in [0, 0.05) is 25.0 Å². The SMILES string of the molecule is CN1CCCCC1CNc1nc(N)cn2ccnc12. The summed E-state index contributed by atoms with van der Waals surface area (Å²) in [6, 6.07) is 0.562. The number of rotatable bonds is 3. The number of nitrogen functional groups attached to an aromatic ring is 1. The van der Waals surface area contributed by atoms with Crippen LogP contribution in [0.3, 0.4) is 0 Å². The second-order valence-corrected chi connectivity index (χ2v) is 5.18. The molecular formula is C13H20N6. The number of nitrogens with two attached hydrogens (primary N) is 1. The van der Waals surface area contributed by atoms with E-state index in [-0.39, 0.29) is 0 Å². The number of fused-ring (bicyclic) bond motifs is 1. The van der Waals surface area contributed by atoms with Crippen molar-refractivity contribution in [3.8, 4) is 0 Å². The van der Waals surface area contributed by atoms with Gasteiger partial charge in [0.15, 0.2) is 11.5 Å². The zero-order valence-electron chi connectivity index (χ0n) is 11.2. The van der Waals surface area contributed by atoms with Gasteiger partial charge in [-0.25, -0.2) is 9.97 Å². The number of anilines is 2. The fourth-order valence-electron chi connectivity index (χ4n) is 2.69. The molecule has 0 saturated carbocycles. The lowest BCUT2D eigenvalue weighted by molar-refractivity contribution is 0.194. The fraction of sp³-hybridized carbons (Fsp3) is 0.538. The Morgan fingerprint density at radius 3 is 3.21 bits per heavy atom. The highest BCUT2D eigenvalue weighted by atomic mass is 15.2. The van der Waals surface area contributed by atoms with Crippen LogP contribution in [0.4, 0.5) is 11.6 Å². The molecule has 0 radical (unpaired) electrons. The predicted octanol–water partition coefficient (Wildman–Crippen LogP) is 1.21. The highest BCUT2D eigenvalue weighted by Gasteiger charge is 2.19. The normalized spacial score (nSPS) is 20.8. The minimum atomic E-state index is 0.505. The van der Waals surface area contributed by atoms with Gasteiger partial charge in [0.05, 0.1) is 6.20 Å². The van der Waals surface area contributed by atoms with E-state index >= 15 is 0 Å². The molecule has 1 unspecified atom stereocenters. The molecule has 19 heavy (non-hydrogen) atoms. The number of nitrogens with zero attached hydrogens (tertiary/aromatic N) is 4. The molecule has 1 aliphatic rings. The number of hydrogen-bond acceptors (Lipinski definition) is 5. The topological polar surface area (TPSA) is 71.5 Å². The van der Waals surface area contributed by atoms with Crippen LogP contribution in [0, 0.1) is 0 Å². The molecule has 2 aromatic heterocycles. The summed E-state index contributed by atoms with van der Waals surface area (Å²) >= 11 is 0. The highest BCUT2D eigenvalue weighted by Crippen LogP contribution is 2.18. The molecule has 3 N–H and O–H groups in total. The summed E-state index contributed by atoms with van der Waals surface area (Å²) in [4.78, 5) is 11.1. The zero-order chi connectivity index (χ0) is 13.2. The van der Waals surface area contributed by atoms with Crippen molar-refractivity contribution < 1.29 is 0 Å². The summed E-state index contributed by atoms with van der Waals surface area (Å²) in [6.45, 7) is 2.06. The van der Waals surface area contributed by atoms with Crippen LogP contribution in [-0.4, -0.2) is 45.4 Å². The van der Waals surface area contributed by atoms with E-state index in [2.05, 4.69) is 27.2 Å². The Balaban J connectivity index is 1.75. The van der Waals surface area contributed by atoms with Crippen molar-refractivity contribution in [2.45, 2.75) is 25.3 Å². The van der Waals surface area contributed by atoms with Crippen molar-refractivity contribution in [1.82, 2.24) is 19.3 Å². The zero-order valence-corrected chi connectivity index (χ0v) is 11.2. The van der Waals surface area contributed by atoms with Crippen LogP contribution in [-0.2, 0) is 0 Å². The Bertz CT molecular complexity index is 563. The van der Waals surface area contributed by atoms with Crippen LogP contribution in [0.5, 0.6) is 0 Å². The lowest BCUT2D eigenvalue weighted by atomic mass is 10.0. The molecule has 0 bridgehead atoms. The first-order valence-electron chi connectivity index (χ1n) is 6.77. The number of aromatic nitrogens is 3. The van der Waals surface area contributed by atoms with Crippen LogP contribution in [0.2, 0.25) is 0 Å². The van der Waals surface area contributed by atoms with Crippen molar-refractivity contribution in [2.75, 3.05) is 31.2 Å². The average molecular weight is 260 g/mol. The van der Waals surface area contributed by atoms with Crippen LogP contribution < -0.4 is 11.1 Å². The molecule has 2 aromatic rings. The predicted molar refractivity (Wildman–Crippen MR) is 76.2 cm³/mol. The van der Waals surface area contributed by atoms with Gasteiger partial charge in [-0.1, -0.05) is 6.42 Å². The molecule has 6 heteroatoms. The quantitative estimate of drug-likeness (QED) is 0.868. The molecule has 3 rings (SSSR count). The highest BCUT2D eigenvalue weighted by molar-refractivity contribution is 5.64. The van der Waals surface area contributed by atoms with Gasteiger partial charge in [-0.15, -0.1) is 0 Å². The maximum absolute atomic E-state index is 5.81. The van der Waals surface area contributed by atoms with Gasteiger partial charge in [-0.3, -0.25) is 0 Å².